The van der Waals surface area contributed by atoms with E-state index in [0.717, 1.165) is 25.8 Å². The molecule has 4 nitrogen and oxygen atoms in total. The van der Waals surface area contributed by atoms with E-state index in [4.69, 9.17) is 10.9 Å². The molecule has 0 fully saturated rings. The second kappa shape index (κ2) is 7.62. The van der Waals surface area contributed by atoms with Crippen molar-refractivity contribution in [1.29, 1.82) is 0 Å². The van der Waals surface area contributed by atoms with Crippen LogP contribution >= 0.6 is 0 Å². The van der Waals surface area contributed by atoms with Crippen molar-refractivity contribution in [2.45, 2.75) is 72.3 Å². The van der Waals surface area contributed by atoms with Crippen molar-refractivity contribution in [3.8, 4) is 0 Å². The van der Waals surface area contributed by atoms with Gasteiger partial charge in [-0.25, -0.2) is 0 Å². The van der Waals surface area contributed by atoms with Crippen LogP contribution in [-0.4, -0.2) is 23.1 Å². The molecule has 0 amide bonds. The molecule has 0 aliphatic heterocycles. The van der Waals surface area contributed by atoms with Gasteiger partial charge >= 0.3 is 0 Å². The predicted molar refractivity (Wildman–Crippen MR) is 78.0 cm³/mol. The number of hydrogen-bond donors (Lipinski definition) is 3. The van der Waals surface area contributed by atoms with Gasteiger partial charge in [0.15, 0.2) is 0 Å². The summed E-state index contributed by atoms with van der Waals surface area (Å²) in [5.41, 5.74) is 5.68. The lowest BCUT2D eigenvalue weighted by atomic mass is 9.86. The number of amidine groups is 1. The summed E-state index contributed by atoms with van der Waals surface area (Å²) < 4.78 is 0. The second-order valence-electron chi connectivity index (χ2n) is 6.39. The van der Waals surface area contributed by atoms with Gasteiger partial charge in [0.25, 0.3) is 0 Å². The first-order valence-corrected chi connectivity index (χ1v) is 6.98. The molecule has 0 unspecified atom stereocenters. The summed E-state index contributed by atoms with van der Waals surface area (Å²) in [6.07, 6.45) is 5.55. The van der Waals surface area contributed by atoms with Crippen LogP contribution in [0.3, 0.4) is 0 Å². The average Bonchev–Trinajstić information content (AvgIpc) is 2.27. The minimum Gasteiger partial charge on any atom is -0.409 e. The summed E-state index contributed by atoms with van der Waals surface area (Å²) in [6.45, 7) is 11.8. The van der Waals surface area contributed by atoms with Crippen LogP contribution in [0, 0.1) is 5.41 Å². The zero-order chi connectivity index (χ0) is 14.2. The van der Waals surface area contributed by atoms with Crippen LogP contribution < -0.4 is 11.1 Å². The minimum absolute atomic E-state index is 0.215. The van der Waals surface area contributed by atoms with Gasteiger partial charge in [-0.15, -0.1) is 0 Å². The topological polar surface area (TPSA) is 70.6 Å². The Morgan fingerprint density at radius 1 is 1.17 bits per heavy atom. The van der Waals surface area contributed by atoms with Crippen molar-refractivity contribution >= 4 is 5.84 Å². The summed E-state index contributed by atoms with van der Waals surface area (Å²) in [6, 6.07) is 0. The maximum absolute atomic E-state index is 8.69. The maximum Gasteiger partial charge on any atom is 0.144 e. The quantitative estimate of drug-likeness (QED) is 0.195. The molecule has 0 aromatic heterocycles. The second-order valence-corrected chi connectivity index (χ2v) is 6.39. The molecule has 4 N–H and O–H groups in total. The van der Waals surface area contributed by atoms with E-state index < -0.39 is 0 Å². The highest BCUT2D eigenvalue weighted by Gasteiger charge is 2.23. The van der Waals surface area contributed by atoms with E-state index in [1.165, 1.54) is 12.8 Å². The van der Waals surface area contributed by atoms with E-state index in [2.05, 4.69) is 31.2 Å². The van der Waals surface area contributed by atoms with E-state index in [1.807, 2.05) is 13.8 Å². The van der Waals surface area contributed by atoms with Gasteiger partial charge in [-0.3, -0.25) is 0 Å². The van der Waals surface area contributed by atoms with Gasteiger partial charge in [0.2, 0.25) is 0 Å². The summed E-state index contributed by atoms with van der Waals surface area (Å²) in [7, 11) is 0. The van der Waals surface area contributed by atoms with Gasteiger partial charge in [0, 0.05) is 11.0 Å². The third kappa shape index (κ3) is 6.84. The maximum atomic E-state index is 8.69. The van der Waals surface area contributed by atoms with Crippen LogP contribution in [0.4, 0.5) is 0 Å². The summed E-state index contributed by atoms with van der Waals surface area (Å²) in [5.74, 6) is 0.321. The number of rotatable bonds is 9. The van der Waals surface area contributed by atoms with Gasteiger partial charge in [-0.2, -0.15) is 0 Å². The molecular formula is C14H31N3O. The predicted octanol–water partition coefficient (Wildman–Crippen LogP) is 3.10. The van der Waals surface area contributed by atoms with Crippen molar-refractivity contribution in [2.75, 3.05) is 6.54 Å². The molecule has 0 saturated carbocycles. The van der Waals surface area contributed by atoms with E-state index in [9.17, 15) is 0 Å². The van der Waals surface area contributed by atoms with E-state index in [1.54, 1.807) is 0 Å². The number of unbranched alkanes of at least 4 members (excludes halogenated alkanes) is 1. The summed E-state index contributed by atoms with van der Waals surface area (Å²) in [4.78, 5) is 0. The molecule has 0 radical (unpaired) electrons. The van der Waals surface area contributed by atoms with Crippen LogP contribution in [0.1, 0.15) is 66.7 Å². The molecule has 0 spiro atoms. The van der Waals surface area contributed by atoms with Crippen LogP contribution in [0.15, 0.2) is 5.16 Å². The monoisotopic (exact) mass is 257 g/mol. The lowest BCUT2D eigenvalue weighted by Crippen LogP contribution is -2.39. The van der Waals surface area contributed by atoms with Crippen molar-refractivity contribution in [1.82, 2.24) is 5.32 Å². The van der Waals surface area contributed by atoms with Gasteiger partial charge in [0.05, 0.1) is 0 Å². The normalized spacial score (nSPS) is 13.9. The third-order valence-electron chi connectivity index (χ3n) is 3.51. The first-order chi connectivity index (χ1) is 8.25. The Morgan fingerprint density at radius 3 is 2.28 bits per heavy atom. The van der Waals surface area contributed by atoms with Crippen LogP contribution in [0.25, 0.3) is 0 Å². The van der Waals surface area contributed by atoms with Crippen molar-refractivity contribution < 1.29 is 5.21 Å². The molecule has 0 bridgehead atoms. The molecule has 108 valence electrons. The Hall–Kier alpha value is -0.770. The van der Waals surface area contributed by atoms with Crippen LogP contribution in [0.2, 0.25) is 0 Å². The minimum atomic E-state index is -0.215. The number of nitrogens with two attached hydrogens (primary N) is 1. The molecule has 0 saturated heterocycles. The SMILES string of the molecule is CCCC(C)(C)NCCCCC(C)(C)C(N)=NO. The molecule has 0 atom stereocenters. The van der Waals surface area contributed by atoms with Gasteiger partial charge in [-0.05, 0) is 39.7 Å². The van der Waals surface area contributed by atoms with Crippen molar-refractivity contribution in [3.05, 3.63) is 0 Å². The summed E-state index contributed by atoms with van der Waals surface area (Å²) >= 11 is 0. The number of oxime groups is 1. The van der Waals surface area contributed by atoms with Crippen LogP contribution in [-0.2, 0) is 0 Å². The van der Waals surface area contributed by atoms with E-state index in [-0.39, 0.29) is 11.0 Å². The molecule has 0 aliphatic rings. The molecule has 0 aromatic carbocycles. The first kappa shape index (κ1) is 17.2. The lowest BCUT2D eigenvalue weighted by molar-refractivity contribution is 0.303. The van der Waals surface area contributed by atoms with Gasteiger partial charge in [-0.1, -0.05) is 38.8 Å². The Balaban J connectivity index is 3.81. The van der Waals surface area contributed by atoms with Gasteiger partial charge < -0.3 is 16.3 Å². The average molecular weight is 257 g/mol. The molecule has 0 aliphatic carbocycles. The fraction of sp³-hybridized carbons (Fsp3) is 0.929. The van der Waals surface area contributed by atoms with Crippen molar-refractivity contribution in [3.63, 3.8) is 0 Å². The first-order valence-electron chi connectivity index (χ1n) is 6.98. The smallest absolute Gasteiger partial charge is 0.144 e. The van der Waals surface area contributed by atoms with Gasteiger partial charge in [0.1, 0.15) is 5.84 Å². The Morgan fingerprint density at radius 2 is 1.78 bits per heavy atom. The largest absolute Gasteiger partial charge is 0.409 e. The number of nitrogens with zero attached hydrogens (tertiary/aromatic N) is 1. The molecule has 18 heavy (non-hydrogen) atoms. The highest BCUT2D eigenvalue weighted by atomic mass is 16.4. The summed E-state index contributed by atoms with van der Waals surface area (Å²) in [5, 5.41) is 15.4. The van der Waals surface area contributed by atoms with Crippen LogP contribution in [0.5, 0.6) is 0 Å². The molecule has 0 heterocycles. The number of hydrogen-bond acceptors (Lipinski definition) is 3. The Bertz CT molecular complexity index is 260. The Labute approximate surface area is 112 Å². The van der Waals surface area contributed by atoms with Crippen molar-refractivity contribution in [2.24, 2.45) is 16.3 Å². The lowest BCUT2D eigenvalue weighted by Gasteiger charge is -2.26. The highest BCUT2D eigenvalue weighted by molar-refractivity contribution is 5.85. The number of nitrogens with one attached hydrogen (secondary N) is 1. The van der Waals surface area contributed by atoms with E-state index >= 15 is 0 Å². The zero-order valence-corrected chi connectivity index (χ0v) is 12.7. The zero-order valence-electron chi connectivity index (χ0n) is 12.7. The third-order valence-corrected chi connectivity index (χ3v) is 3.51. The highest BCUT2D eigenvalue weighted by Crippen LogP contribution is 2.23. The van der Waals surface area contributed by atoms with E-state index in [0.29, 0.717) is 5.84 Å². The fourth-order valence-electron chi connectivity index (χ4n) is 2.10. The fourth-order valence-corrected chi connectivity index (χ4v) is 2.10. The molecule has 0 aromatic rings. The molecule has 0 rings (SSSR count). The molecular weight excluding hydrogens is 226 g/mol. The Kier molecular flexibility index (Phi) is 7.29. The standard InChI is InChI=1S/C14H31N3O/c1-6-9-14(4,5)16-11-8-7-10-13(2,3)12(15)17-18/h16,18H,6-11H2,1-5H3,(H2,15,17). The molecule has 4 heteroatoms.